The predicted octanol–water partition coefficient (Wildman–Crippen LogP) is 2.04. The number of hydrogen-bond donors (Lipinski definition) is 1. The maximum absolute atomic E-state index is 8.94. The molecule has 0 saturated carbocycles. The molecule has 0 radical (unpaired) electrons. The molecule has 0 spiro atoms. The highest BCUT2D eigenvalue weighted by Gasteiger charge is 2.06. The van der Waals surface area contributed by atoms with Crippen LogP contribution in [0.3, 0.4) is 0 Å². The molecule has 108 valence electrons. The van der Waals surface area contributed by atoms with Gasteiger partial charge in [0.15, 0.2) is 0 Å². The SMILES string of the molecule is COc1ccc(C#N)cc1COc1ccc(CCN)nc1. The van der Waals surface area contributed by atoms with Crippen molar-refractivity contribution in [1.29, 1.82) is 5.26 Å². The molecule has 21 heavy (non-hydrogen) atoms. The smallest absolute Gasteiger partial charge is 0.138 e. The number of nitrogens with two attached hydrogens (primary N) is 1. The summed E-state index contributed by atoms with van der Waals surface area (Å²) in [6.45, 7) is 0.891. The van der Waals surface area contributed by atoms with E-state index in [0.29, 0.717) is 30.2 Å². The Morgan fingerprint density at radius 1 is 1.29 bits per heavy atom. The fourth-order valence-corrected chi connectivity index (χ4v) is 1.91. The molecule has 0 atom stereocenters. The van der Waals surface area contributed by atoms with Crippen LogP contribution in [0.1, 0.15) is 16.8 Å². The van der Waals surface area contributed by atoms with Crippen LogP contribution in [0.15, 0.2) is 36.5 Å². The molecule has 0 bridgehead atoms. The molecule has 0 saturated heterocycles. The molecule has 2 N–H and O–H groups in total. The van der Waals surface area contributed by atoms with E-state index in [1.165, 1.54) is 0 Å². The summed E-state index contributed by atoms with van der Waals surface area (Å²) in [4.78, 5) is 4.27. The van der Waals surface area contributed by atoms with Crippen molar-refractivity contribution in [1.82, 2.24) is 4.98 Å². The second kappa shape index (κ2) is 7.27. The third-order valence-corrected chi connectivity index (χ3v) is 3.00. The summed E-state index contributed by atoms with van der Waals surface area (Å²) in [5.74, 6) is 1.36. The summed E-state index contributed by atoms with van der Waals surface area (Å²) in [6.07, 6.45) is 2.42. The van der Waals surface area contributed by atoms with Gasteiger partial charge in [-0.25, -0.2) is 0 Å². The van der Waals surface area contributed by atoms with Crippen molar-refractivity contribution >= 4 is 0 Å². The first kappa shape index (κ1) is 14.8. The van der Waals surface area contributed by atoms with Crippen molar-refractivity contribution in [2.24, 2.45) is 5.73 Å². The first-order valence-electron chi connectivity index (χ1n) is 6.61. The lowest BCUT2D eigenvalue weighted by atomic mass is 10.1. The zero-order valence-corrected chi connectivity index (χ0v) is 11.9. The van der Waals surface area contributed by atoms with Gasteiger partial charge in [0, 0.05) is 17.7 Å². The highest BCUT2D eigenvalue weighted by Crippen LogP contribution is 2.21. The molecule has 2 rings (SSSR count). The number of benzene rings is 1. The highest BCUT2D eigenvalue weighted by molar-refractivity contribution is 5.42. The van der Waals surface area contributed by atoms with E-state index in [1.807, 2.05) is 12.1 Å². The fraction of sp³-hybridized carbons (Fsp3) is 0.250. The van der Waals surface area contributed by atoms with E-state index in [4.69, 9.17) is 20.5 Å². The van der Waals surface area contributed by atoms with Gasteiger partial charge in [0.25, 0.3) is 0 Å². The Balaban J connectivity index is 2.07. The predicted molar refractivity (Wildman–Crippen MR) is 79.0 cm³/mol. The summed E-state index contributed by atoms with van der Waals surface area (Å²) in [6, 6.07) is 11.1. The normalized spacial score (nSPS) is 9.95. The Kier molecular flexibility index (Phi) is 5.13. The van der Waals surface area contributed by atoms with Crippen LogP contribution < -0.4 is 15.2 Å². The minimum atomic E-state index is 0.316. The maximum atomic E-state index is 8.94. The van der Waals surface area contributed by atoms with Gasteiger partial charge in [0.1, 0.15) is 18.1 Å². The van der Waals surface area contributed by atoms with E-state index in [2.05, 4.69) is 11.1 Å². The zero-order valence-electron chi connectivity index (χ0n) is 11.9. The van der Waals surface area contributed by atoms with Crippen molar-refractivity contribution in [2.75, 3.05) is 13.7 Å². The largest absolute Gasteiger partial charge is 0.496 e. The Bertz CT molecular complexity index is 633. The van der Waals surface area contributed by atoms with Gasteiger partial charge in [-0.15, -0.1) is 0 Å². The summed E-state index contributed by atoms with van der Waals surface area (Å²) < 4.78 is 10.9. The molecular formula is C16H17N3O2. The first-order valence-corrected chi connectivity index (χ1v) is 6.61. The third kappa shape index (κ3) is 3.94. The van der Waals surface area contributed by atoms with E-state index in [9.17, 15) is 0 Å². The van der Waals surface area contributed by atoms with E-state index < -0.39 is 0 Å². The van der Waals surface area contributed by atoms with Gasteiger partial charge in [-0.2, -0.15) is 5.26 Å². The fourth-order valence-electron chi connectivity index (χ4n) is 1.91. The Morgan fingerprint density at radius 2 is 2.14 bits per heavy atom. The Morgan fingerprint density at radius 3 is 2.76 bits per heavy atom. The second-order valence-corrected chi connectivity index (χ2v) is 4.45. The number of methoxy groups -OCH3 is 1. The lowest BCUT2D eigenvalue weighted by Gasteiger charge is -2.10. The number of pyridine rings is 1. The molecule has 0 aliphatic heterocycles. The molecule has 0 unspecified atom stereocenters. The van der Waals surface area contributed by atoms with E-state index in [-0.39, 0.29) is 0 Å². The molecule has 2 aromatic rings. The Hall–Kier alpha value is -2.58. The van der Waals surface area contributed by atoms with Gasteiger partial charge in [0.2, 0.25) is 0 Å². The molecule has 0 aliphatic rings. The van der Waals surface area contributed by atoms with Crippen molar-refractivity contribution < 1.29 is 9.47 Å². The van der Waals surface area contributed by atoms with Crippen molar-refractivity contribution in [3.8, 4) is 17.6 Å². The van der Waals surface area contributed by atoms with E-state index in [1.54, 1.807) is 31.5 Å². The molecule has 0 fully saturated rings. The summed E-state index contributed by atoms with van der Waals surface area (Å²) in [5, 5.41) is 8.94. The van der Waals surface area contributed by atoms with Gasteiger partial charge in [-0.05, 0) is 36.9 Å². The highest BCUT2D eigenvalue weighted by atomic mass is 16.5. The van der Waals surface area contributed by atoms with Crippen molar-refractivity contribution in [3.05, 3.63) is 53.3 Å². The monoisotopic (exact) mass is 283 g/mol. The number of aromatic nitrogens is 1. The number of rotatable bonds is 6. The molecule has 5 nitrogen and oxygen atoms in total. The molecule has 1 heterocycles. The van der Waals surface area contributed by atoms with Crippen LogP contribution >= 0.6 is 0 Å². The van der Waals surface area contributed by atoms with Gasteiger partial charge >= 0.3 is 0 Å². The molecule has 1 aromatic heterocycles. The van der Waals surface area contributed by atoms with Gasteiger partial charge in [-0.3, -0.25) is 4.98 Å². The average Bonchev–Trinajstić information content (AvgIpc) is 2.54. The minimum Gasteiger partial charge on any atom is -0.496 e. The van der Waals surface area contributed by atoms with Gasteiger partial charge < -0.3 is 15.2 Å². The molecular weight excluding hydrogens is 266 g/mol. The lowest BCUT2D eigenvalue weighted by Crippen LogP contribution is -2.04. The summed E-state index contributed by atoms with van der Waals surface area (Å²) in [7, 11) is 1.59. The molecule has 1 aromatic carbocycles. The number of nitriles is 1. The third-order valence-electron chi connectivity index (χ3n) is 3.00. The molecule has 0 aliphatic carbocycles. The van der Waals surface area contributed by atoms with Gasteiger partial charge in [0.05, 0.1) is 24.9 Å². The number of ether oxygens (including phenoxy) is 2. The maximum Gasteiger partial charge on any atom is 0.138 e. The second-order valence-electron chi connectivity index (χ2n) is 4.45. The van der Waals surface area contributed by atoms with Crippen molar-refractivity contribution in [2.45, 2.75) is 13.0 Å². The van der Waals surface area contributed by atoms with Crippen LogP contribution in [0.25, 0.3) is 0 Å². The minimum absolute atomic E-state index is 0.316. The zero-order chi connectivity index (χ0) is 15.1. The quantitative estimate of drug-likeness (QED) is 0.877. The molecule has 0 amide bonds. The topological polar surface area (TPSA) is 81.2 Å². The summed E-state index contributed by atoms with van der Waals surface area (Å²) >= 11 is 0. The summed E-state index contributed by atoms with van der Waals surface area (Å²) in [5.41, 5.74) is 7.82. The van der Waals surface area contributed by atoms with Crippen LogP contribution in [-0.4, -0.2) is 18.6 Å². The van der Waals surface area contributed by atoms with Crippen molar-refractivity contribution in [3.63, 3.8) is 0 Å². The van der Waals surface area contributed by atoms with Crippen LogP contribution in [0.5, 0.6) is 11.5 Å². The number of nitrogens with zero attached hydrogens (tertiary/aromatic N) is 2. The van der Waals surface area contributed by atoms with E-state index in [0.717, 1.165) is 17.7 Å². The van der Waals surface area contributed by atoms with Gasteiger partial charge in [-0.1, -0.05) is 0 Å². The van der Waals surface area contributed by atoms with Crippen LogP contribution in [0.4, 0.5) is 0 Å². The Labute approximate surface area is 123 Å². The average molecular weight is 283 g/mol. The first-order chi connectivity index (χ1) is 10.3. The number of hydrogen-bond acceptors (Lipinski definition) is 5. The standard InChI is InChI=1S/C16H17N3O2/c1-20-16-5-2-12(9-18)8-13(16)11-21-15-4-3-14(6-7-17)19-10-15/h2-5,8,10H,6-7,11,17H2,1H3. The molecule has 5 heteroatoms. The lowest BCUT2D eigenvalue weighted by molar-refractivity contribution is 0.295. The van der Waals surface area contributed by atoms with E-state index >= 15 is 0 Å². The van der Waals surface area contributed by atoms with Crippen LogP contribution in [0, 0.1) is 11.3 Å². The van der Waals surface area contributed by atoms with Crippen LogP contribution in [-0.2, 0) is 13.0 Å². The van der Waals surface area contributed by atoms with Crippen LogP contribution in [0.2, 0.25) is 0 Å².